The fraction of sp³-hybridized carbons (Fsp3) is 0.111. The van der Waals surface area contributed by atoms with Crippen molar-refractivity contribution in [3.63, 3.8) is 0 Å². The Hall–Kier alpha value is -1.49. The fourth-order valence-electron chi connectivity index (χ4n) is 0.971. The SMILES string of the molecule is Cc1occc1Sc1cnc(N)cn1. The summed E-state index contributed by atoms with van der Waals surface area (Å²) in [7, 11) is 0. The number of nitrogen functional groups attached to an aromatic ring is 1. The van der Waals surface area contributed by atoms with E-state index in [1.807, 2.05) is 13.0 Å². The molecule has 0 saturated carbocycles. The predicted octanol–water partition coefficient (Wildman–Crippen LogP) is 2.11. The van der Waals surface area contributed by atoms with Crippen LogP contribution in [-0.4, -0.2) is 9.97 Å². The first-order valence-electron chi connectivity index (χ1n) is 4.05. The molecule has 0 atom stereocenters. The molecule has 0 amide bonds. The maximum atomic E-state index is 5.43. The number of rotatable bonds is 2. The summed E-state index contributed by atoms with van der Waals surface area (Å²) >= 11 is 1.51. The Labute approximate surface area is 85.6 Å². The van der Waals surface area contributed by atoms with Crippen LogP contribution in [0.25, 0.3) is 0 Å². The van der Waals surface area contributed by atoms with Crippen LogP contribution in [0, 0.1) is 6.92 Å². The summed E-state index contributed by atoms with van der Waals surface area (Å²) in [4.78, 5) is 9.13. The van der Waals surface area contributed by atoms with Gasteiger partial charge in [0.1, 0.15) is 16.6 Å². The highest BCUT2D eigenvalue weighted by Crippen LogP contribution is 2.28. The summed E-state index contributed by atoms with van der Waals surface area (Å²) in [5.41, 5.74) is 5.43. The summed E-state index contributed by atoms with van der Waals surface area (Å²) in [6, 6.07) is 1.90. The Bertz CT molecular complexity index is 424. The third-order valence-electron chi connectivity index (χ3n) is 1.67. The number of nitrogens with two attached hydrogens (primary N) is 1. The smallest absolute Gasteiger partial charge is 0.141 e. The Kier molecular flexibility index (Phi) is 2.41. The predicted molar refractivity (Wildman–Crippen MR) is 54.0 cm³/mol. The molecule has 2 aromatic rings. The van der Waals surface area contributed by atoms with Gasteiger partial charge >= 0.3 is 0 Å². The van der Waals surface area contributed by atoms with Crippen molar-refractivity contribution in [1.29, 1.82) is 0 Å². The number of hydrogen-bond donors (Lipinski definition) is 1. The number of furan rings is 1. The number of nitrogens with zero attached hydrogens (tertiary/aromatic N) is 2. The molecule has 0 spiro atoms. The molecule has 2 heterocycles. The lowest BCUT2D eigenvalue weighted by atomic mass is 10.5. The Morgan fingerprint density at radius 2 is 2.21 bits per heavy atom. The lowest BCUT2D eigenvalue weighted by molar-refractivity contribution is 0.527. The first kappa shape index (κ1) is 9.08. The van der Waals surface area contributed by atoms with Crippen LogP contribution >= 0.6 is 11.8 Å². The van der Waals surface area contributed by atoms with Crippen LogP contribution in [0.15, 0.2) is 39.1 Å². The lowest BCUT2D eigenvalue weighted by Gasteiger charge is -1.98. The zero-order valence-corrected chi connectivity index (χ0v) is 8.41. The number of aromatic nitrogens is 2. The van der Waals surface area contributed by atoms with E-state index in [1.54, 1.807) is 12.5 Å². The zero-order valence-electron chi connectivity index (χ0n) is 7.60. The van der Waals surface area contributed by atoms with E-state index >= 15 is 0 Å². The topological polar surface area (TPSA) is 64.9 Å². The van der Waals surface area contributed by atoms with E-state index in [2.05, 4.69) is 9.97 Å². The molecule has 0 fully saturated rings. The van der Waals surface area contributed by atoms with Crippen molar-refractivity contribution in [1.82, 2.24) is 9.97 Å². The molecular weight excluding hydrogens is 198 g/mol. The van der Waals surface area contributed by atoms with Gasteiger partial charge < -0.3 is 10.2 Å². The second kappa shape index (κ2) is 3.71. The molecule has 0 aliphatic rings. The molecule has 14 heavy (non-hydrogen) atoms. The molecule has 5 heteroatoms. The van der Waals surface area contributed by atoms with E-state index in [1.165, 1.54) is 18.0 Å². The summed E-state index contributed by atoms with van der Waals surface area (Å²) in [5, 5.41) is 0.809. The molecule has 0 aliphatic heterocycles. The van der Waals surface area contributed by atoms with Crippen LogP contribution in [0.1, 0.15) is 5.76 Å². The van der Waals surface area contributed by atoms with Gasteiger partial charge in [-0.05, 0) is 13.0 Å². The lowest BCUT2D eigenvalue weighted by Crippen LogP contribution is -1.91. The molecule has 0 aliphatic carbocycles. The summed E-state index contributed by atoms with van der Waals surface area (Å²) in [5.74, 6) is 1.31. The standard InChI is InChI=1S/C9H9N3OS/c1-6-7(2-3-13-6)14-9-5-11-8(10)4-12-9/h2-5H,1H3,(H2,10,11). The van der Waals surface area contributed by atoms with Gasteiger partial charge in [0.2, 0.25) is 0 Å². The van der Waals surface area contributed by atoms with Crippen molar-refractivity contribution in [2.24, 2.45) is 0 Å². The van der Waals surface area contributed by atoms with E-state index in [9.17, 15) is 0 Å². The number of aryl methyl sites for hydroxylation is 1. The van der Waals surface area contributed by atoms with Crippen LogP contribution < -0.4 is 5.73 Å². The molecule has 0 radical (unpaired) electrons. The van der Waals surface area contributed by atoms with E-state index in [0.29, 0.717) is 5.82 Å². The monoisotopic (exact) mass is 207 g/mol. The second-order valence-electron chi connectivity index (χ2n) is 2.72. The van der Waals surface area contributed by atoms with Crippen LogP contribution in [0.4, 0.5) is 5.82 Å². The van der Waals surface area contributed by atoms with Crippen molar-refractivity contribution in [2.75, 3.05) is 5.73 Å². The van der Waals surface area contributed by atoms with Gasteiger partial charge in [-0.2, -0.15) is 0 Å². The maximum Gasteiger partial charge on any atom is 0.141 e. The zero-order chi connectivity index (χ0) is 9.97. The third-order valence-corrected chi connectivity index (χ3v) is 2.74. The molecule has 4 nitrogen and oxygen atoms in total. The first-order chi connectivity index (χ1) is 6.75. The minimum absolute atomic E-state index is 0.429. The highest BCUT2D eigenvalue weighted by molar-refractivity contribution is 7.99. The van der Waals surface area contributed by atoms with Crippen molar-refractivity contribution >= 4 is 17.6 Å². The highest BCUT2D eigenvalue weighted by Gasteiger charge is 2.04. The summed E-state index contributed by atoms with van der Waals surface area (Å²) in [6.07, 6.45) is 4.84. The molecule has 72 valence electrons. The molecule has 2 aromatic heterocycles. The minimum atomic E-state index is 0.429. The summed E-state index contributed by atoms with van der Waals surface area (Å²) in [6.45, 7) is 1.91. The van der Waals surface area contributed by atoms with E-state index in [0.717, 1.165) is 15.7 Å². The normalized spacial score (nSPS) is 10.4. The highest BCUT2D eigenvalue weighted by atomic mass is 32.2. The fourth-order valence-corrected chi connectivity index (χ4v) is 1.72. The minimum Gasteiger partial charge on any atom is -0.468 e. The van der Waals surface area contributed by atoms with E-state index < -0.39 is 0 Å². The van der Waals surface area contributed by atoms with Crippen LogP contribution in [-0.2, 0) is 0 Å². The van der Waals surface area contributed by atoms with Gasteiger partial charge in [-0.3, -0.25) is 0 Å². The Morgan fingerprint density at radius 1 is 1.36 bits per heavy atom. The molecule has 0 bridgehead atoms. The van der Waals surface area contributed by atoms with Gasteiger partial charge in [-0.1, -0.05) is 11.8 Å². The van der Waals surface area contributed by atoms with Gasteiger partial charge in [0.15, 0.2) is 0 Å². The Morgan fingerprint density at radius 3 is 2.79 bits per heavy atom. The molecule has 0 aromatic carbocycles. The van der Waals surface area contributed by atoms with Crippen molar-refractivity contribution < 1.29 is 4.42 Å². The van der Waals surface area contributed by atoms with Gasteiger partial charge in [0, 0.05) is 0 Å². The van der Waals surface area contributed by atoms with Gasteiger partial charge in [-0.15, -0.1) is 0 Å². The van der Waals surface area contributed by atoms with E-state index in [-0.39, 0.29) is 0 Å². The van der Waals surface area contributed by atoms with Gasteiger partial charge in [-0.25, -0.2) is 9.97 Å². The van der Waals surface area contributed by atoms with Crippen LogP contribution in [0.2, 0.25) is 0 Å². The van der Waals surface area contributed by atoms with Crippen LogP contribution in [0.5, 0.6) is 0 Å². The summed E-state index contributed by atoms with van der Waals surface area (Å²) < 4.78 is 5.17. The molecule has 2 rings (SSSR count). The average Bonchev–Trinajstić information content (AvgIpc) is 2.56. The molecule has 0 unspecified atom stereocenters. The van der Waals surface area contributed by atoms with Crippen LogP contribution in [0.3, 0.4) is 0 Å². The Balaban J connectivity index is 2.19. The molecule has 0 saturated heterocycles. The van der Waals surface area contributed by atoms with Crippen molar-refractivity contribution in [3.05, 3.63) is 30.5 Å². The van der Waals surface area contributed by atoms with Crippen molar-refractivity contribution in [3.8, 4) is 0 Å². The van der Waals surface area contributed by atoms with Gasteiger partial charge in [0.25, 0.3) is 0 Å². The molecule has 2 N–H and O–H groups in total. The second-order valence-corrected chi connectivity index (χ2v) is 3.78. The largest absolute Gasteiger partial charge is 0.468 e. The maximum absolute atomic E-state index is 5.43. The average molecular weight is 207 g/mol. The number of hydrogen-bond acceptors (Lipinski definition) is 5. The number of anilines is 1. The quantitative estimate of drug-likeness (QED) is 0.817. The van der Waals surface area contributed by atoms with E-state index in [4.69, 9.17) is 10.2 Å². The third kappa shape index (κ3) is 1.88. The molecular formula is C9H9N3OS. The van der Waals surface area contributed by atoms with Gasteiger partial charge in [0.05, 0.1) is 23.6 Å². The van der Waals surface area contributed by atoms with Crippen molar-refractivity contribution in [2.45, 2.75) is 16.8 Å². The first-order valence-corrected chi connectivity index (χ1v) is 4.87.